The van der Waals surface area contributed by atoms with E-state index in [4.69, 9.17) is 5.73 Å². The van der Waals surface area contributed by atoms with Gasteiger partial charge in [-0.3, -0.25) is 4.90 Å². The minimum absolute atomic E-state index is 0.309. The maximum absolute atomic E-state index is 5.81. The summed E-state index contributed by atoms with van der Waals surface area (Å²) in [6.45, 7) is 11.9. The second-order valence-corrected chi connectivity index (χ2v) is 6.96. The Balaban J connectivity index is 1.71. The van der Waals surface area contributed by atoms with Crippen molar-refractivity contribution in [2.24, 2.45) is 11.1 Å². The van der Waals surface area contributed by atoms with Crippen LogP contribution in [-0.4, -0.2) is 55.1 Å². The maximum atomic E-state index is 5.81. The lowest BCUT2D eigenvalue weighted by atomic mass is 9.89. The highest BCUT2D eigenvalue weighted by Gasteiger charge is 2.29. The van der Waals surface area contributed by atoms with E-state index in [1.54, 1.807) is 0 Å². The van der Waals surface area contributed by atoms with Gasteiger partial charge in [0.2, 0.25) is 0 Å². The zero-order chi connectivity index (χ0) is 13.0. The molecule has 0 spiro atoms. The van der Waals surface area contributed by atoms with E-state index in [1.165, 1.54) is 64.8 Å². The first kappa shape index (κ1) is 14.3. The summed E-state index contributed by atoms with van der Waals surface area (Å²) < 4.78 is 0. The van der Waals surface area contributed by atoms with E-state index < -0.39 is 0 Å². The molecule has 3 heteroatoms. The van der Waals surface area contributed by atoms with Crippen LogP contribution in [0.3, 0.4) is 0 Å². The summed E-state index contributed by atoms with van der Waals surface area (Å²) in [6, 6.07) is 0.839. The molecule has 3 nitrogen and oxygen atoms in total. The minimum Gasteiger partial charge on any atom is -0.330 e. The molecule has 1 unspecified atom stereocenters. The highest BCUT2D eigenvalue weighted by atomic mass is 15.3. The van der Waals surface area contributed by atoms with Gasteiger partial charge in [0, 0.05) is 12.6 Å². The van der Waals surface area contributed by atoms with Gasteiger partial charge in [-0.1, -0.05) is 20.3 Å². The predicted octanol–water partition coefficient (Wildman–Crippen LogP) is 1.92. The molecule has 0 aromatic heterocycles. The van der Waals surface area contributed by atoms with Crippen LogP contribution in [-0.2, 0) is 0 Å². The number of piperidine rings is 1. The molecule has 2 aliphatic rings. The van der Waals surface area contributed by atoms with Crippen molar-refractivity contribution in [3.63, 3.8) is 0 Å². The van der Waals surface area contributed by atoms with E-state index in [0.29, 0.717) is 5.41 Å². The van der Waals surface area contributed by atoms with E-state index in [0.717, 1.165) is 12.6 Å². The number of likely N-dealkylation sites (tertiary alicyclic amines) is 2. The van der Waals surface area contributed by atoms with Crippen molar-refractivity contribution in [2.75, 3.05) is 39.3 Å². The third kappa shape index (κ3) is 3.94. The maximum Gasteiger partial charge on any atom is 0.0235 e. The zero-order valence-corrected chi connectivity index (χ0v) is 12.3. The Morgan fingerprint density at radius 3 is 2.50 bits per heavy atom. The van der Waals surface area contributed by atoms with Crippen molar-refractivity contribution in [2.45, 2.75) is 52.0 Å². The molecule has 2 rings (SSSR count). The molecule has 2 N–H and O–H groups in total. The Kier molecular flexibility index (Phi) is 5.05. The van der Waals surface area contributed by atoms with Crippen molar-refractivity contribution in [1.29, 1.82) is 0 Å². The zero-order valence-electron chi connectivity index (χ0n) is 12.3. The number of nitrogens with zero attached hydrogens (tertiary/aromatic N) is 2. The van der Waals surface area contributed by atoms with Gasteiger partial charge in [0.25, 0.3) is 0 Å². The van der Waals surface area contributed by atoms with E-state index in [-0.39, 0.29) is 0 Å². The fourth-order valence-electron chi connectivity index (χ4n) is 3.16. The molecule has 2 heterocycles. The van der Waals surface area contributed by atoms with Gasteiger partial charge in [-0.15, -0.1) is 0 Å². The van der Waals surface area contributed by atoms with Crippen molar-refractivity contribution in [3.8, 4) is 0 Å². The van der Waals surface area contributed by atoms with Gasteiger partial charge in [0.15, 0.2) is 0 Å². The van der Waals surface area contributed by atoms with Crippen molar-refractivity contribution in [3.05, 3.63) is 0 Å². The summed E-state index contributed by atoms with van der Waals surface area (Å²) in [7, 11) is 0. The second kappa shape index (κ2) is 6.36. The van der Waals surface area contributed by atoms with Crippen LogP contribution < -0.4 is 5.73 Å². The van der Waals surface area contributed by atoms with E-state index in [1.807, 2.05) is 0 Å². The lowest BCUT2D eigenvalue weighted by molar-refractivity contribution is 0.158. The number of hydrogen-bond donors (Lipinski definition) is 1. The first-order valence-electron chi connectivity index (χ1n) is 7.77. The molecule has 1 atom stereocenters. The lowest BCUT2D eigenvalue weighted by Gasteiger charge is -2.32. The van der Waals surface area contributed by atoms with Crippen molar-refractivity contribution in [1.82, 2.24) is 9.80 Å². The normalized spacial score (nSPS) is 27.8. The Labute approximate surface area is 113 Å². The van der Waals surface area contributed by atoms with Crippen LogP contribution in [0.2, 0.25) is 0 Å². The van der Waals surface area contributed by atoms with E-state index >= 15 is 0 Å². The van der Waals surface area contributed by atoms with Gasteiger partial charge in [0.1, 0.15) is 0 Å². The molecule has 0 radical (unpaired) electrons. The summed E-state index contributed by atoms with van der Waals surface area (Å²) in [5.41, 5.74) is 6.12. The molecule has 0 amide bonds. The SMILES string of the molecule is CC(C)(CN)CCN1CCC(N2CCCCC2)C1. The van der Waals surface area contributed by atoms with E-state index in [2.05, 4.69) is 23.6 Å². The fraction of sp³-hybridized carbons (Fsp3) is 1.00. The van der Waals surface area contributed by atoms with Crippen LogP contribution in [0, 0.1) is 5.41 Å². The predicted molar refractivity (Wildman–Crippen MR) is 77.7 cm³/mol. The van der Waals surface area contributed by atoms with Gasteiger partial charge in [-0.05, 0) is 63.8 Å². The number of rotatable bonds is 5. The molecule has 0 aliphatic carbocycles. The van der Waals surface area contributed by atoms with Crippen LogP contribution in [0.25, 0.3) is 0 Å². The quantitative estimate of drug-likeness (QED) is 0.812. The molecule has 0 bridgehead atoms. The number of nitrogens with two attached hydrogens (primary N) is 1. The Hall–Kier alpha value is -0.120. The Morgan fingerprint density at radius 1 is 1.11 bits per heavy atom. The summed E-state index contributed by atoms with van der Waals surface area (Å²) in [5, 5.41) is 0. The van der Waals surface area contributed by atoms with Crippen LogP contribution >= 0.6 is 0 Å². The second-order valence-electron chi connectivity index (χ2n) is 6.96. The Bertz CT molecular complexity index is 246. The van der Waals surface area contributed by atoms with Gasteiger partial charge in [0.05, 0.1) is 0 Å². The van der Waals surface area contributed by atoms with Crippen LogP contribution in [0.5, 0.6) is 0 Å². The minimum atomic E-state index is 0.309. The first-order chi connectivity index (χ1) is 8.61. The molecule has 2 saturated heterocycles. The van der Waals surface area contributed by atoms with Gasteiger partial charge >= 0.3 is 0 Å². The fourth-order valence-corrected chi connectivity index (χ4v) is 3.16. The molecular formula is C15H31N3. The van der Waals surface area contributed by atoms with E-state index in [9.17, 15) is 0 Å². The molecule has 0 saturated carbocycles. The number of hydrogen-bond acceptors (Lipinski definition) is 3. The summed E-state index contributed by atoms with van der Waals surface area (Å²) in [4.78, 5) is 5.38. The van der Waals surface area contributed by atoms with Crippen LogP contribution in [0.1, 0.15) is 46.0 Å². The highest BCUT2D eigenvalue weighted by Crippen LogP contribution is 2.23. The average molecular weight is 253 g/mol. The van der Waals surface area contributed by atoms with Crippen LogP contribution in [0.15, 0.2) is 0 Å². The largest absolute Gasteiger partial charge is 0.330 e. The summed E-state index contributed by atoms with van der Waals surface area (Å²) >= 11 is 0. The standard InChI is InChI=1S/C15H31N3/c1-15(2,13-16)7-11-17-10-6-14(12-17)18-8-4-3-5-9-18/h14H,3-13,16H2,1-2H3. The summed E-state index contributed by atoms with van der Waals surface area (Å²) in [5.74, 6) is 0. The van der Waals surface area contributed by atoms with Crippen molar-refractivity contribution >= 4 is 0 Å². The third-order valence-corrected chi connectivity index (χ3v) is 4.81. The van der Waals surface area contributed by atoms with Gasteiger partial charge < -0.3 is 10.6 Å². The lowest BCUT2D eigenvalue weighted by Crippen LogP contribution is -2.41. The molecular weight excluding hydrogens is 222 g/mol. The van der Waals surface area contributed by atoms with Gasteiger partial charge in [-0.25, -0.2) is 0 Å². The highest BCUT2D eigenvalue weighted by molar-refractivity contribution is 4.85. The Morgan fingerprint density at radius 2 is 1.83 bits per heavy atom. The summed E-state index contributed by atoms with van der Waals surface area (Å²) in [6.07, 6.45) is 6.88. The average Bonchev–Trinajstić information content (AvgIpc) is 2.86. The smallest absolute Gasteiger partial charge is 0.0235 e. The first-order valence-corrected chi connectivity index (χ1v) is 7.77. The molecule has 106 valence electrons. The van der Waals surface area contributed by atoms with Crippen molar-refractivity contribution < 1.29 is 0 Å². The van der Waals surface area contributed by atoms with Gasteiger partial charge in [-0.2, -0.15) is 0 Å². The molecule has 0 aromatic rings. The van der Waals surface area contributed by atoms with Crippen LogP contribution in [0.4, 0.5) is 0 Å². The topological polar surface area (TPSA) is 32.5 Å². The third-order valence-electron chi connectivity index (χ3n) is 4.81. The molecule has 2 aliphatic heterocycles. The molecule has 2 fully saturated rings. The monoisotopic (exact) mass is 253 g/mol. The molecule has 0 aromatic carbocycles. The molecule has 18 heavy (non-hydrogen) atoms.